The van der Waals surface area contributed by atoms with Gasteiger partial charge in [0.1, 0.15) is 11.5 Å². The van der Waals surface area contributed by atoms with Gasteiger partial charge >= 0.3 is 0 Å². The van der Waals surface area contributed by atoms with Crippen LogP contribution in [0, 0.1) is 0 Å². The predicted molar refractivity (Wildman–Crippen MR) is 57.1 cm³/mol. The lowest BCUT2D eigenvalue weighted by Crippen LogP contribution is -2.13. The van der Waals surface area contributed by atoms with Gasteiger partial charge in [-0.2, -0.15) is 0 Å². The van der Waals surface area contributed by atoms with E-state index in [2.05, 4.69) is 0 Å². The SMILES string of the molecule is COc1cccc(OC)c1[C@H](N)CCF. The molecule has 0 unspecified atom stereocenters. The van der Waals surface area contributed by atoms with Crippen LogP contribution in [0.15, 0.2) is 18.2 Å². The van der Waals surface area contributed by atoms with Gasteiger partial charge in [-0.05, 0) is 18.6 Å². The molecule has 0 saturated carbocycles. The minimum absolute atomic E-state index is 0.261. The van der Waals surface area contributed by atoms with E-state index in [0.29, 0.717) is 11.5 Å². The first-order valence-electron chi connectivity index (χ1n) is 4.77. The zero-order chi connectivity index (χ0) is 11.3. The summed E-state index contributed by atoms with van der Waals surface area (Å²) in [5.41, 5.74) is 6.58. The highest BCUT2D eigenvalue weighted by molar-refractivity contribution is 5.46. The number of hydrogen-bond acceptors (Lipinski definition) is 3. The van der Waals surface area contributed by atoms with Crippen molar-refractivity contribution in [3.63, 3.8) is 0 Å². The maximum absolute atomic E-state index is 12.2. The summed E-state index contributed by atoms with van der Waals surface area (Å²) in [6.07, 6.45) is 0.261. The van der Waals surface area contributed by atoms with Crippen molar-refractivity contribution >= 4 is 0 Å². The molecule has 0 amide bonds. The summed E-state index contributed by atoms with van der Waals surface area (Å²) < 4.78 is 22.6. The van der Waals surface area contributed by atoms with Crippen molar-refractivity contribution in [2.75, 3.05) is 20.9 Å². The number of alkyl halides is 1. The molecule has 0 aliphatic heterocycles. The van der Waals surface area contributed by atoms with Gasteiger partial charge in [0, 0.05) is 6.04 Å². The molecule has 0 bridgehead atoms. The molecule has 3 nitrogen and oxygen atoms in total. The Morgan fingerprint density at radius 1 is 1.27 bits per heavy atom. The Hall–Kier alpha value is -1.29. The fourth-order valence-corrected chi connectivity index (χ4v) is 1.51. The first-order chi connectivity index (χ1) is 7.24. The Bertz CT molecular complexity index is 295. The topological polar surface area (TPSA) is 44.5 Å². The van der Waals surface area contributed by atoms with Crippen LogP contribution < -0.4 is 15.2 Å². The second-order valence-electron chi connectivity index (χ2n) is 3.16. The Labute approximate surface area is 89.0 Å². The van der Waals surface area contributed by atoms with Gasteiger partial charge in [-0.25, -0.2) is 0 Å². The standard InChI is InChI=1S/C11H16FNO2/c1-14-9-4-3-5-10(15-2)11(9)8(13)6-7-12/h3-5,8H,6-7,13H2,1-2H3/t8-/m1/s1. The van der Waals surface area contributed by atoms with E-state index in [9.17, 15) is 4.39 Å². The molecular formula is C11H16FNO2. The van der Waals surface area contributed by atoms with Gasteiger partial charge in [0.2, 0.25) is 0 Å². The highest BCUT2D eigenvalue weighted by Gasteiger charge is 2.16. The number of methoxy groups -OCH3 is 2. The van der Waals surface area contributed by atoms with Crippen LogP contribution in [0.1, 0.15) is 18.0 Å². The minimum Gasteiger partial charge on any atom is -0.496 e. The Kier molecular flexibility index (Phi) is 4.37. The molecule has 0 radical (unpaired) electrons. The molecule has 0 aromatic heterocycles. The molecule has 1 atom stereocenters. The van der Waals surface area contributed by atoms with Crippen LogP contribution in [0.4, 0.5) is 4.39 Å². The van der Waals surface area contributed by atoms with Crippen molar-refractivity contribution in [3.8, 4) is 11.5 Å². The molecule has 0 saturated heterocycles. The second kappa shape index (κ2) is 5.56. The normalized spacial score (nSPS) is 12.3. The van der Waals surface area contributed by atoms with Gasteiger partial charge in [0.25, 0.3) is 0 Å². The zero-order valence-corrected chi connectivity index (χ0v) is 9.00. The van der Waals surface area contributed by atoms with Gasteiger partial charge in [0.15, 0.2) is 0 Å². The van der Waals surface area contributed by atoms with E-state index in [1.165, 1.54) is 0 Å². The maximum Gasteiger partial charge on any atom is 0.127 e. The second-order valence-corrected chi connectivity index (χ2v) is 3.16. The first-order valence-corrected chi connectivity index (χ1v) is 4.77. The molecule has 0 aliphatic carbocycles. The quantitative estimate of drug-likeness (QED) is 0.814. The number of hydrogen-bond donors (Lipinski definition) is 1. The Morgan fingerprint density at radius 3 is 2.20 bits per heavy atom. The smallest absolute Gasteiger partial charge is 0.127 e. The molecule has 1 aromatic rings. The molecule has 1 rings (SSSR count). The lowest BCUT2D eigenvalue weighted by atomic mass is 10.0. The highest BCUT2D eigenvalue weighted by atomic mass is 19.1. The van der Waals surface area contributed by atoms with Crippen LogP contribution >= 0.6 is 0 Å². The van der Waals surface area contributed by atoms with Crippen molar-refractivity contribution in [3.05, 3.63) is 23.8 Å². The van der Waals surface area contributed by atoms with Crippen molar-refractivity contribution in [1.82, 2.24) is 0 Å². The third kappa shape index (κ3) is 2.59. The summed E-state index contributed by atoms with van der Waals surface area (Å²) in [6, 6.07) is 4.98. The molecule has 0 fully saturated rings. The molecule has 0 spiro atoms. The highest BCUT2D eigenvalue weighted by Crippen LogP contribution is 2.34. The van der Waals surface area contributed by atoms with E-state index in [4.69, 9.17) is 15.2 Å². The van der Waals surface area contributed by atoms with Crippen LogP contribution in [0.5, 0.6) is 11.5 Å². The predicted octanol–water partition coefficient (Wildman–Crippen LogP) is 2.06. The molecule has 15 heavy (non-hydrogen) atoms. The average Bonchev–Trinajstić information content (AvgIpc) is 2.28. The van der Waals surface area contributed by atoms with Crippen molar-refractivity contribution in [2.45, 2.75) is 12.5 Å². The van der Waals surface area contributed by atoms with Crippen LogP contribution in [0.3, 0.4) is 0 Å². The van der Waals surface area contributed by atoms with Crippen molar-refractivity contribution in [2.24, 2.45) is 5.73 Å². The Balaban J connectivity index is 3.09. The monoisotopic (exact) mass is 213 g/mol. The minimum atomic E-state index is -0.456. The van der Waals surface area contributed by atoms with Crippen molar-refractivity contribution in [1.29, 1.82) is 0 Å². The van der Waals surface area contributed by atoms with Gasteiger partial charge in [-0.1, -0.05) is 6.07 Å². The third-order valence-electron chi connectivity index (χ3n) is 2.26. The van der Waals surface area contributed by atoms with Crippen LogP contribution in [-0.4, -0.2) is 20.9 Å². The largest absolute Gasteiger partial charge is 0.496 e. The Morgan fingerprint density at radius 2 is 1.80 bits per heavy atom. The lowest BCUT2D eigenvalue weighted by molar-refractivity contribution is 0.369. The number of halogens is 1. The maximum atomic E-state index is 12.2. The molecule has 2 N–H and O–H groups in total. The first kappa shape index (κ1) is 11.8. The van der Waals surface area contributed by atoms with Crippen LogP contribution in [-0.2, 0) is 0 Å². The van der Waals surface area contributed by atoms with Gasteiger partial charge in [-0.15, -0.1) is 0 Å². The molecule has 1 aromatic carbocycles. The van der Waals surface area contributed by atoms with Gasteiger partial charge < -0.3 is 15.2 Å². The summed E-state index contributed by atoms with van der Waals surface area (Å²) in [7, 11) is 3.11. The molecule has 0 aliphatic rings. The molecule has 84 valence electrons. The summed E-state index contributed by atoms with van der Waals surface area (Å²) in [5, 5.41) is 0. The zero-order valence-electron chi connectivity index (χ0n) is 9.00. The van der Waals surface area contributed by atoms with E-state index in [-0.39, 0.29) is 6.42 Å². The summed E-state index contributed by atoms with van der Waals surface area (Å²) in [5.74, 6) is 1.27. The molecule has 4 heteroatoms. The molecular weight excluding hydrogens is 197 g/mol. The van der Waals surface area contributed by atoms with E-state index >= 15 is 0 Å². The van der Waals surface area contributed by atoms with E-state index in [0.717, 1.165) is 5.56 Å². The van der Waals surface area contributed by atoms with Crippen LogP contribution in [0.25, 0.3) is 0 Å². The summed E-state index contributed by atoms with van der Waals surface area (Å²) in [6.45, 7) is -0.456. The van der Waals surface area contributed by atoms with E-state index < -0.39 is 12.7 Å². The van der Waals surface area contributed by atoms with Gasteiger partial charge in [-0.3, -0.25) is 4.39 Å². The number of benzene rings is 1. The van der Waals surface area contributed by atoms with Gasteiger partial charge in [0.05, 0.1) is 26.5 Å². The van der Waals surface area contributed by atoms with Crippen molar-refractivity contribution < 1.29 is 13.9 Å². The summed E-state index contributed by atoms with van der Waals surface area (Å²) >= 11 is 0. The third-order valence-corrected chi connectivity index (χ3v) is 2.26. The van der Waals surface area contributed by atoms with Crippen LogP contribution in [0.2, 0.25) is 0 Å². The fraction of sp³-hybridized carbons (Fsp3) is 0.455. The summed E-state index contributed by atoms with van der Waals surface area (Å²) in [4.78, 5) is 0. The number of nitrogens with two attached hydrogens (primary N) is 1. The lowest BCUT2D eigenvalue weighted by Gasteiger charge is -2.17. The van der Waals surface area contributed by atoms with E-state index in [1.54, 1.807) is 26.4 Å². The fourth-order valence-electron chi connectivity index (χ4n) is 1.51. The van der Waals surface area contributed by atoms with E-state index in [1.807, 2.05) is 6.07 Å². The molecule has 0 heterocycles. The number of ether oxygens (including phenoxy) is 2. The average molecular weight is 213 g/mol. The number of rotatable bonds is 5.